The average molecular weight is 273 g/mol. The highest BCUT2D eigenvalue weighted by atomic mass is 79.9. The minimum absolute atomic E-state index is 0.255. The fourth-order valence-corrected chi connectivity index (χ4v) is 2.73. The predicted octanol–water partition coefficient (Wildman–Crippen LogP) is 2.73. The summed E-state index contributed by atoms with van der Waals surface area (Å²) >= 11 is 3.19. The molecular formula is C11H10BrFO2. The number of halogens is 2. The first kappa shape index (κ1) is 9.75. The van der Waals surface area contributed by atoms with Gasteiger partial charge in [-0.15, -0.1) is 0 Å². The van der Waals surface area contributed by atoms with E-state index in [1.807, 2.05) is 6.07 Å². The van der Waals surface area contributed by atoms with Gasteiger partial charge in [0.15, 0.2) is 5.79 Å². The van der Waals surface area contributed by atoms with Gasteiger partial charge in [0.2, 0.25) is 0 Å². The third-order valence-corrected chi connectivity index (χ3v) is 3.64. The first-order valence-corrected chi connectivity index (χ1v) is 5.77. The molecule has 80 valence electrons. The molecular weight excluding hydrogens is 263 g/mol. The molecule has 1 aliphatic carbocycles. The van der Waals surface area contributed by atoms with Gasteiger partial charge in [-0.2, -0.15) is 0 Å². The number of ether oxygens (including phenoxy) is 2. The smallest absolute Gasteiger partial charge is 0.195 e. The van der Waals surface area contributed by atoms with Crippen LogP contribution in [0.5, 0.6) is 0 Å². The van der Waals surface area contributed by atoms with Crippen molar-refractivity contribution in [2.24, 2.45) is 0 Å². The standard InChI is InChI=1S/C11H10BrFO2/c12-9-5-7-1-2-11(14-3-4-15-11)8(7)6-10(9)13/h5-6H,1-4H2. The number of rotatable bonds is 0. The van der Waals surface area contributed by atoms with E-state index in [4.69, 9.17) is 9.47 Å². The first-order chi connectivity index (χ1) is 7.21. The Labute approximate surface area is 95.5 Å². The van der Waals surface area contributed by atoms with E-state index in [2.05, 4.69) is 15.9 Å². The van der Waals surface area contributed by atoms with E-state index in [0.29, 0.717) is 17.7 Å². The third-order valence-electron chi connectivity index (χ3n) is 3.03. The van der Waals surface area contributed by atoms with Gasteiger partial charge in [0.05, 0.1) is 17.7 Å². The molecule has 3 rings (SSSR count). The van der Waals surface area contributed by atoms with Crippen LogP contribution in [0.25, 0.3) is 0 Å². The van der Waals surface area contributed by atoms with E-state index in [1.165, 1.54) is 6.07 Å². The summed E-state index contributed by atoms with van der Waals surface area (Å²) in [6, 6.07) is 3.35. The van der Waals surface area contributed by atoms with Gasteiger partial charge < -0.3 is 9.47 Å². The molecule has 1 aromatic rings. The topological polar surface area (TPSA) is 18.5 Å². The van der Waals surface area contributed by atoms with Crippen molar-refractivity contribution in [3.8, 4) is 0 Å². The normalized spacial score (nSPS) is 22.3. The molecule has 1 fully saturated rings. The Morgan fingerprint density at radius 3 is 2.73 bits per heavy atom. The lowest BCUT2D eigenvalue weighted by molar-refractivity contribution is -0.163. The fourth-order valence-electron chi connectivity index (χ4n) is 2.34. The first-order valence-electron chi connectivity index (χ1n) is 4.98. The third kappa shape index (κ3) is 1.35. The van der Waals surface area contributed by atoms with E-state index in [1.54, 1.807) is 0 Å². The molecule has 0 unspecified atom stereocenters. The Kier molecular flexibility index (Phi) is 2.13. The number of hydrogen-bond donors (Lipinski definition) is 0. The van der Waals surface area contributed by atoms with E-state index in [0.717, 1.165) is 24.0 Å². The molecule has 2 aliphatic rings. The largest absolute Gasteiger partial charge is 0.343 e. The quantitative estimate of drug-likeness (QED) is 0.723. The average Bonchev–Trinajstić information content (AvgIpc) is 2.80. The van der Waals surface area contributed by atoms with Crippen LogP contribution in [-0.4, -0.2) is 13.2 Å². The number of hydrogen-bond acceptors (Lipinski definition) is 2. The highest BCUT2D eigenvalue weighted by Gasteiger charge is 2.44. The van der Waals surface area contributed by atoms with E-state index >= 15 is 0 Å². The Hall–Kier alpha value is -0.450. The van der Waals surface area contributed by atoms with E-state index < -0.39 is 5.79 Å². The second-order valence-electron chi connectivity index (χ2n) is 3.87. The van der Waals surface area contributed by atoms with Crippen molar-refractivity contribution < 1.29 is 13.9 Å². The van der Waals surface area contributed by atoms with Gasteiger partial charge in [-0.3, -0.25) is 0 Å². The molecule has 0 atom stereocenters. The van der Waals surface area contributed by atoms with Crippen LogP contribution < -0.4 is 0 Å². The van der Waals surface area contributed by atoms with Crippen molar-refractivity contribution >= 4 is 15.9 Å². The molecule has 1 heterocycles. The lowest BCUT2D eigenvalue weighted by Crippen LogP contribution is -2.23. The molecule has 1 aliphatic heterocycles. The highest BCUT2D eigenvalue weighted by Crippen LogP contribution is 2.44. The van der Waals surface area contributed by atoms with E-state index in [-0.39, 0.29) is 5.82 Å². The number of benzene rings is 1. The van der Waals surface area contributed by atoms with Gasteiger partial charge in [-0.25, -0.2) is 4.39 Å². The van der Waals surface area contributed by atoms with Gasteiger partial charge in [0, 0.05) is 12.0 Å². The zero-order chi connectivity index (χ0) is 10.5. The SMILES string of the molecule is Fc1cc2c(cc1Br)CCC21OCCO1. The van der Waals surface area contributed by atoms with Crippen LogP contribution >= 0.6 is 15.9 Å². The summed E-state index contributed by atoms with van der Waals surface area (Å²) in [4.78, 5) is 0. The summed E-state index contributed by atoms with van der Waals surface area (Å²) in [6.45, 7) is 1.19. The molecule has 2 nitrogen and oxygen atoms in total. The minimum Gasteiger partial charge on any atom is -0.343 e. The van der Waals surface area contributed by atoms with Crippen LogP contribution in [0.2, 0.25) is 0 Å². The molecule has 0 bridgehead atoms. The fraction of sp³-hybridized carbons (Fsp3) is 0.455. The van der Waals surface area contributed by atoms with Crippen molar-refractivity contribution in [3.63, 3.8) is 0 Å². The molecule has 0 amide bonds. The molecule has 0 radical (unpaired) electrons. The van der Waals surface area contributed by atoms with Gasteiger partial charge in [-0.1, -0.05) is 0 Å². The number of fused-ring (bicyclic) bond motifs is 2. The summed E-state index contributed by atoms with van der Waals surface area (Å²) in [7, 11) is 0. The molecule has 1 spiro atoms. The second kappa shape index (κ2) is 3.27. The van der Waals surface area contributed by atoms with Crippen LogP contribution in [0.4, 0.5) is 4.39 Å². The van der Waals surface area contributed by atoms with Gasteiger partial charge >= 0.3 is 0 Å². The summed E-state index contributed by atoms with van der Waals surface area (Å²) in [5.41, 5.74) is 1.98. The van der Waals surface area contributed by atoms with Crippen molar-refractivity contribution in [1.29, 1.82) is 0 Å². The molecule has 15 heavy (non-hydrogen) atoms. The molecule has 1 aromatic carbocycles. The van der Waals surface area contributed by atoms with Crippen molar-refractivity contribution in [2.75, 3.05) is 13.2 Å². The summed E-state index contributed by atoms with van der Waals surface area (Å²) in [6.07, 6.45) is 1.67. The molecule has 0 N–H and O–H groups in total. The zero-order valence-corrected chi connectivity index (χ0v) is 9.64. The molecule has 4 heteroatoms. The van der Waals surface area contributed by atoms with E-state index in [9.17, 15) is 4.39 Å². The summed E-state index contributed by atoms with van der Waals surface area (Å²) < 4.78 is 25.2. The lowest BCUT2D eigenvalue weighted by Gasteiger charge is -2.22. The Balaban J connectivity index is 2.13. The van der Waals surface area contributed by atoms with Gasteiger partial charge in [-0.05, 0) is 40.0 Å². The lowest BCUT2D eigenvalue weighted by atomic mass is 10.1. The molecule has 1 saturated heterocycles. The van der Waals surface area contributed by atoms with Crippen LogP contribution in [0.1, 0.15) is 17.5 Å². The summed E-state index contributed by atoms with van der Waals surface area (Å²) in [5, 5.41) is 0. The second-order valence-corrected chi connectivity index (χ2v) is 4.73. The van der Waals surface area contributed by atoms with Crippen molar-refractivity contribution in [2.45, 2.75) is 18.6 Å². The Morgan fingerprint density at radius 2 is 2.00 bits per heavy atom. The number of aryl methyl sites for hydroxylation is 1. The van der Waals surface area contributed by atoms with Crippen LogP contribution in [0, 0.1) is 5.82 Å². The minimum atomic E-state index is -0.656. The van der Waals surface area contributed by atoms with Crippen molar-refractivity contribution in [1.82, 2.24) is 0 Å². The van der Waals surface area contributed by atoms with Gasteiger partial charge in [0.1, 0.15) is 5.82 Å². The zero-order valence-electron chi connectivity index (χ0n) is 8.06. The van der Waals surface area contributed by atoms with Crippen LogP contribution in [0.3, 0.4) is 0 Å². The molecule has 0 aromatic heterocycles. The van der Waals surface area contributed by atoms with Crippen molar-refractivity contribution in [3.05, 3.63) is 33.5 Å². The Morgan fingerprint density at radius 1 is 1.27 bits per heavy atom. The Bertz CT molecular complexity index is 413. The summed E-state index contributed by atoms with van der Waals surface area (Å²) in [5.74, 6) is -0.911. The van der Waals surface area contributed by atoms with Crippen LogP contribution in [-0.2, 0) is 21.7 Å². The van der Waals surface area contributed by atoms with Crippen LogP contribution in [0.15, 0.2) is 16.6 Å². The van der Waals surface area contributed by atoms with Gasteiger partial charge in [0.25, 0.3) is 0 Å². The molecule has 0 saturated carbocycles. The maximum Gasteiger partial charge on any atom is 0.195 e. The monoisotopic (exact) mass is 272 g/mol. The maximum absolute atomic E-state index is 13.5. The predicted molar refractivity (Wildman–Crippen MR) is 56.0 cm³/mol. The highest BCUT2D eigenvalue weighted by molar-refractivity contribution is 9.10. The maximum atomic E-state index is 13.5.